The molecule has 0 atom stereocenters. The topological polar surface area (TPSA) is 41.0 Å². The molecule has 0 aliphatic heterocycles. The first kappa shape index (κ1) is 11.5. The predicted octanol–water partition coefficient (Wildman–Crippen LogP) is 1.85. The van der Waals surface area contributed by atoms with Gasteiger partial charge in [-0.3, -0.25) is 9.89 Å². The lowest BCUT2D eigenvalue weighted by Crippen LogP contribution is -2.17. The van der Waals surface area contributed by atoms with Gasteiger partial charge >= 0.3 is 0 Å². The zero-order valence-corrected chi connectivity index (χ0v) is 10.6. The van der Waals surface area contributed by atoms with Gasteiger partial charge in [-0.2, -0.15) is 0 Å². The van der Waals surface area contributed by atoms with Crippen molar-refractivity contribution in [3.8, 4) is 5.69 Å². The molecule has 2 aromatic rings. The van der Waals surface area contributed by atoms with Crippen molar-refractivity contribution in [2.75, 3.05) is 19.0 Å². The van der Waals surface area contributed by atoms with E-state index in [4.69, 9.17) is 0 Å². The fraction of sp³-hybridized carbons (Fsp3) is 0.308. The molecule has 90 valence electrons. The number of aromatic nitrogens is 2. The molecule has 2 rings (SSSR count). The Morgan fingerprint density at radius 1 is 1.12 bits per heavy atom. The first-order valence-electron chi connectivity index (χ1n) is 5.56. The van der Waals surface area contributed by atoms with Crippen molar-refractivity contribution in [3.05, 3.63) is 45.9 Å². The monoisotopic (exact) mass is 231 g/mol. The van der Waals surface area contributed by atoms with E-state index in [1.54, 1.807) is 10.9 Å². The molecule has 0 fully saturated rings. The lowest BCUT2D eigenvalue weighted by atomic mass is 10.1. The molecule has 0 bridgehead atoms. The second-order valence-electron chi connectivity index (χ2n) is 4.38. The van der Waals surface area contributed by atoms with Crippen LogP contribution in [0.2, 0.25) is 0 Å². The van der Waals surface area contributed by atoms with Gasteiger partial charge in [-0.1, -0.05) is 0 Å². The molecule has 1 N–H and O–H groups in total. The average Bonchev–Trinajstić information content (AvgIpc) is 2.68. The van der Waals surface area contributed by atoms with Crippen LogP contribution in [0.3, 0.4) is 0 Å². The molecule has 4 nitrogen and oxygen atoms in total. The second-order valence-corrected chi connectivity index (χ2v) is 4.38. The van der Waals surface area contributed by atoms with Crippen molar-refractivity contribution >= 4 is 5.69 Å². The highest BCUT2D eigenvalue weighted by atomic mass is 16.1. The Hall–Kier alpha value is -1.97. The molecule has 0 saturated carbocycles. The number of hydrogen-bond donors (Lipinski definition) is 1. The Morgan fingerprint density at radius 3 is 2.35 bits per heavy atom. The van der Waals surface area contributed by atoms with E-state index in [1.165, 1.54) is 17.3 Å². The summed E-state index contributed by atoms with van der Waals surface area (Å²) in [5, 5.41) is 2.93. The zero-order valence-electron chi connectivity index (χ0n) is 10.6. The molecule has 17 heavy (non-hydrogen) atoms. The minimum Gasteiger partial charge on any atom is -0.377 e. The van der Waals surface area contributed by atoms with Crippen molar-refractivity contribution in [2.24, 2.45) is 0 Å². The van der Waals surface area contributed by atoms with Crippen LogP contribution in [-0.4, -0.2) is 23.9 Å². The first-order chi connectivity index (χ1) is 8.02. The maximum Gasteiger partial charge on any atom is 0.271 e. The lowest BCUT2D eigenvalue weighted by molar-refractivity contribution is 0.840. The van der Waals surface area contributed by atoms with Gasteiger partial charge in [0.25, 0.3) is 5.56 Å². The molecule has 0 aliphatic rings. The van der Waals surface area contributed by atoms with E-state index < -0.39 is 0 Å². The zero-order chi connectivity index (χ0) is 12.6. The largest absolute Gasteiger partial charge is 0.377 e. The molecule has 0 aliphatic carbocycles. The van der Waals surface area contributed by atoms with Gasteiger partial charge in [-0.05, 0) is 37.1 Å². The van der Waals surface area contributed by atoms with Crippen LogP contribution in [0.4, 0.5) is 5.69 Å². The van der Waals surface area contributed by atoms with Gasteiger partial charge in [0.05, 0.1) is 5.69 Å². The Labute approximate surface area is 100 Å². The molecule has 0 saturated heterocycles. The van der Waals surface area contributed by atoms with E-state index in [0.717, 1.165) is 11.3 Å². The van der Waals surface area contributed by atoms with Gasteiger partial charge in [-0.25, -0.2) is 4.68 Å². The molecule has 1 aromatic carbocycles. The van der Waals surface area contributed by atoms with Crippen LogP contribution in [-0.2, 0) is 0 Å². The minimum atomic E-state index is -0.0369. The minimum absolute atomic E-state index is 0.0369. The van der Waals surface area contributed by atoms with Gasteiger partial charge < -0.3 is 4.90 Å². The summed E-state index contributed by atoms with van der Waals surface area (Å²) in [5.41, 5.74) is 4.34. The molecule has 4 heteroatoms. The van der Waals surface area contributed by atoms with E-state index in [-0.39, 0.29) is 5.56 Å². The Bertz CT molecular complexity index is 593. The van der Waals surface area contributed by atoms with E-state index >= 15 is 0 Å². The highest BCUT2D eigenvalue weighted by Crippen LogP contribution is 2.25. The van der Waals surface area contributed by atoms with E-state index in [1.807, 2.05) is 33.2 Å². The van der Waals surface area contributed by atoms with Crippen LogP contribution in [0.25, 0.3) is 5.69 Å². The standard InChI is InChI=1S/C13H17N3O/c1-9-10(2)12(6-5-11(9)15(3)4)16-13(17)7-8-14-16/h5-8,14H,1-4H3. The second kappa shape index (κ2) is 4.13. The van der Waals surface area contributed by atoms with Gasteiger partial charge in [0.15, 0.2) is 0 Å². The number of anilines is 1. The predicted molar refractivity (Wildman–Crippen MR) is 70.2 cm³/mol. The van der Waals surface area contributed by atoms with Crippen LogP contribution in [0.1, 0.15) is 11.1 Å². The van der Waals surface area contributed by atoms with E-state index in [2.05, 4.69) is 16.9 Å². The van der Waals surface area contributed by atoms with Crippen molar-refractivity contribution in [1.29, 1.82) is 0 Å². The van der Waals surface area contributed by atoms with Gasteiger partial charge in [0, 0.05) is 32.0 Å². The Kier molecular flexibility index (Phi) is 2.79. The number of benzene rings is 1. The summed E-state index contributed by atoms with van der Waals surface area (Å²) >= 11 is 0. The van der Waals surface area contributed by atoms with Gasteiger partial charge in [0.2, 0.25) is 0 Å². The van der Waals surface area contributed by atoms with Gasteiger partial charge in [0.1, 0.15) is 0 Å². The van der Waals surface area contributed by atoms with E-state index in [9.17, 15) is 4.79 Å². The number of rotatable bonds is 2. The molecule has 1 heterocycles. The number of aromatic amines is 1. The fourth-order valence-electron chi connectivity index (χ4n) is 2.03. The quantitative estimate of drug-likeness (QED) is 0.857. The summed E-state index contributed by atoms with van der Waals surface area (Å²) in [7, 11) is 4.03. The number of hydrogen-bond acceptors (Lipinski definition) is 2. The lowest BCUT2D eigenvalue weighted by Gasteiger charge is -2.19. The van der Waals surface area contributed by atoms with Crippen molar-refractivity contribution in [3.63, 3.8) is 0 Å². The summed E-state index contributed by atoms with van der Waals surface area (Å²) in [4.78, 5) is 13.7. The number of nitrogens with zero attached hydrogens (tertiary/aromatic N) is 2. The Morgan fingerprint density at radius 2 is 1.82 bits per heavy atom. The first-order valence-corrected chi connectivity index (χ1v) is 5.56. The normalized spacial score (nSPS) is 10.6. The maximum absolute atomic E-state index is 11.6. The van der Waals surface area contributed by atoms with Crippen LogP contribution >= 0.6 is 0 Å². The maximum atomic E-state index is 11.6. The smallest absolute Gasteiger partial charge is 0.271 e. The Balaban J connectivity index is 2.63. The van der Waals surface area contributed by atoms with E-state index in [0.29, 0.717) is 0 Å². The van der Waals surface area contributed by atoms with Crippen molar-refractivity contribution in [2.45, 2.75) is 13.8 Å². The molecule has 0 radical (unpaired) electrons. The van der Waals surface area contributed by atoms with Gasteiger partial charge in [-0.15, -0.1) is 0 Å². The van der Waals surface area contributed by atoms with Crippen molar-refractivity contribution in [1.82, 2.24) is 9.78 Å². The molecule has 0 unspecified atom stereocenters. The van der Waals surface area contributed by atoms with Crippen molar-refractivity contribution < 1.29 is 0 Å². The molecule has 1 aromatic heterocycles. The summed E-state index contributed by atoms with van der Waals surface area (Å²) in [6, 6.07) is 5.52. The molecular weight excluding hydrogens is 214 g/mol. The van der Waals surface area contributed by atoms with Crippen LogP contribution in [0.5, 0.6) is 0 Å². The number of H-pyrrole nitrogens is 1. The highest BCUT2D eigenvalue weighted by molar-refractivity contribution is 5.61. The molecular formula is C13H17N3O. The molecule has 0 spiro atoms. The van der Waals surface area contributed by atoms with Crippen LogP contribution < -0.4 is 10.5 Å². The highest BCUT2D eigenvalue weighted by Gasteiger charge is 2.10. The summed E-state index contributed by atoms with van der Waals surface area (Å²) in [5.74, 6) is 0. The summed E-state index contributed by atoms with van der Waals surface area (Å²) < 4.78 is 1.56. The summed E-state index contributed by atoms with van der Waals surface area (Å²) in [6.45, 7) is 4.10. The third-order valence-corrected chi connectivity index (χ3v) is 3.10. The van der Waals surface area contributed by atoms with Crippen LogP contribution in [0.15, 0.2) is 29.2 Å². The SMILES string of the molecule is Cc1c(N(C)C)ccc(-n2[nH]ccc2=O)c1C. The third-order valence-electron chi connectivity index (χ3n) is 3.10. The average molecular weight is 231 g/mol. The number of nitrogens with one attached hydrogen (secondary N) is 1. The third kappa shape index (κ3) is 1.86. The van der Waals surface area contributed by atoms with Crippen LogP contribution in [0, 0.1) is 13.8 Å². The molecule has 0 amide bonds. The summed E-state index contributed by atoms with van der Waals surface area (Å²) in [6.07, 6.45) is 1.65. The fourth-order valence-corrected chi connectivity index (χ4v) is 2.03.